The molecule has 0 heterocycles. The molecular weight excluding hydrogens is 322 g/mol. The van der Waals surface area contributed by atoms with Gasteiger partial charge in [-0.05, 0) is 39.2 Å². The van der Waals surface area contributed by atoms with Crippen molar-refractivity contribution in [2.75, 3.05) is 19.6 Å². The van der Waals surface area contributed by atoms with E-state index in [-0.39, 0.29) is 11.6 Å². The van der Waals surface area contributed by atoms with Crippen molar-refractivity contribution >= 4 is 10.2 Å². The van der Waals surface area contributed by atoms with Gasteiger partial charge in [0, 0.05) is 31.2 Å². The van der Waals surface area contributed by atoms with Gasteiger partial charge in [0.25, 0.3) is 10.2 Å². The average Bonchev–Trinajstić information content (AvgIpc) is 2.53. The molecule has 0 spiro atoms. The van der Waals surface area contributed by atoms with Gasteiger partial charge in [-0.3, -0.25) is 0 Å². The van der Waals surface area contributed by atoms with Crippen molar-refractivity contribution in [3.8, 4) is 0 Å². The van der Waals surface area contributed by atoms with E-state index < -0.39 is 10.2 Å². The molecule has 138 valence electrons. The van der Waals surface area contributed by atoms with E-state index in [0.717, 1.165) is 12.8 Å². The Kier molecular flexibility index (Phi) is 8.36. The Bertz CT molecular complexity index is 567. The van der Waals surface area contributed by atoms with Gasteiger partial charge in [0.1, 0.15) is 0 Å². The molecule has 5 nitrogen and oxygen atoms in total. The van der Waals surface area contributed by atoms with Crippen LogP contribution in [-0.2, 0) is 10.2 Å². The van der Waals surface area contributed by atoms with E-state index in [0.29, 0.717) is 19.6 Å². The van der Waals surface area contributed by atoms with Crippen LogP contribution in [0.1, 0.15) is 59.1 Å². The summed E-state index contributed by atoms with van der Waals surface area (Å²) in [5.41, 5.74) is 0.832. The zero-order chi connectivity index (χ0) is 18.2. The smallest absolute Gasteiger partial charge is 0.279 e. The van der Waals surface area contributed by atoms with Crippen LogP contribution in [0, 0.1) is 0 Å². The highest BCUT2D eigenvalue weighted by molar-refractivity contribution is 7.87. The third kappa shape index (κ3) is 6.89. The van der Waals surface area contributed by atoms with E-state index in [1.54, 1.807) is 0 Å². The molecule has 1 aromatic rings. The first-order valence-electron chi connectivity index (χ1n) is 8.79. The summed E-state index contributed by atoms with van der Waals surface area (Å²) in [6.07, 6.45) is 1.63. The first-order valence-corrected chi connectivity index (χ1v) is 10.2. The summed E-state index contributed by atoms with van der Waals surface area (Å²) in [4.78, 5) is 0. The Labute approximate surface area is 148 Å². The van der Waals surface area contributed by atoms with Gasteiger partial charge in [-0.2, -0.15) is 12.7 Å². The molecule has 24 heavy (non-hydrogen) atoms. The van der Waals surface area contributed by atoms with Gasteiger partial charge in [-0.25, -0.2) is 4.72 Å². The summed E-state index contributed by atoms with van der Waals surface area (Å²) in [6.45, 7) is 11.5. The predicted octanol–water partition coefficient (Wildman–Crippen LogP) is 3.07. The second-order valence-electron chi connectivity index (χ2n) is 6.89. The quantitative estimate of drug-likeness (QED) is 0.641. The lowest BCUT2D eigenvalue weighted by Crippen LogP contribution is -2.52. The highest BCUT2D eigenvalue weighted by Crippen LogP contribution is 2.16. The molecule has 0 aliphatic heterocycles. The number of benzene rings is 1. The first kappa shape index (κ1) is 21.1. The van der Waals surface area contributed by atoms with Gasteiger partial charge in [-0.15, -0.1) is 0 Å². The van der Waals surface area contributed by atoms with Crippen molar-refractivity contribution in [1.29, 1.82) is 0 Å². The van der Waals surface area contributed by atoms with E-state index in [9.17, 15) is 8.42 Å². The molecule has 0 saturated carbocycles. The van der Waals surface area contributed by atoms with Gasteiger partial charge in [0.05, 0.1) is 0 Å². The molecule has 1 unspecified atom stereocenters. The lowest BCUT2D eigenvalue weighted by Gasteiger charge is -2.32. The van der Waals surface area contributed by atoms with Crippen molar-refractivity contribution in [1.82, 2.24) is 14.3 Å². The monoisotopic (exact) mass is 355 g/mol. The van der Waals surface area contributed by atoms with E-state index in [2.05, 4.69) is 29.1 Å². The Morgan fingerprint density at radius 1 is 1.08 bits per heavy atom. The molecule has 0 bridgehead atoms. The van der Waals surface area contributed by atoms with E-state index in [1.165, 1.54) is 9.87 Å². The number of nitrogens with one attached hydrogen (secondary N) is 2. The number of nitrogens with zero attached hydrogens (tertiary/aromatic N) is 1. The minimum Gasteiger partial charge on any atom is -0.304 e. The van der Waals surface area contributed by atoms with Gasteiger partial charge >= 0.3 is 0 Å². The minimum atomic E-state index is -3.44. The molecule has 2 N–H and O–H groups in total. The van der Waals surface area contributed by atoms with Crippen molar-refractivity contribution in [3.63, 3.8) is 0 Å². The van der Waals surface area contributed by atoms with Crippen LogP contribution >= 0.6 is 0 Å². The summed E-state index contributed by atoms with van der Waals surface area (Å²) in [5, 5.41) is 3.50. The Balaban J connectivity index is 2.66. The molecule has 0 fully saturated rings. The third-order valence-corrected chi connectivity index (χ3v) is 5.44. The zero-order valence-electron chi connectivity index (χ0n) is 15.7. The maximum absolute atomic E-state index is 12.5. The second kappa shape index (κ2) is 9.51. The summed E-state index contributed by atoms with van der Waals surface area (Å²) in [5.74, 6) is 0. The molecule has 1 rings (SSSR count). The van der Waals surface area contributed by atoms with E-state index >= 15 is 0 Å². The lowest BCUT2D eigenvalue weighted by molar-refractivity contribution is 0.337. The molecule has 6 heteroatoms. The topological polar surface area (TPSA) is 61.4 Å². The molecule has 1 aromatic carbocycles. The SMILES string of the molecule is CCCN(CCC)S(=O)(=O)NCC(C)(C)NC(C)c1ccccc1. The van der Waals surface area contributed by atoms with Crippen LogP contribution in [-0.4, -0.2) is 37.9 Å². The van der Waals surface area contributed by atoms with Gasteiger partial charge in [-0.1, -0.05) is 44.2 Å². The fourth-order valence-electron chi connectivity index (χ4n) is 2.68. The van der Waals surface area contributed by atoms with E-state index in [1.807, 2.05) is 45.9 Å². The molecule has 0 saturated heterocycles. The number of hydrogen-bond donors (Lipinski definition) is 2. The lowest BCUT2D eigenvalue weighted by atomic mass is 10.0. The third-order valence-electron chi connectivity index (χ3n) is 3.89. The molecule has 0 aliphatic carbocycles. The van der Waals surface area contributed by atoms with Crippen molar-refractivity contribution in [2.24, 2.45) is 0 Å². The summed E-state index contributed by atoms with van der Waals surface area (Å²) >= 11 is 0. The van der Waals surface area contributed by atoms with Crippen molar-refractivity contribution in [3.05, 3.63) is 35.9 Å². The molecule has 1 atom stereocenters. The predicted molar refractivity (Wildman–Crippen MR) is 101 cm³/mol. The minimum absolute atomic E-state index is 0.146. The molecule has 0 radical (unpaired) electrons. The largest absolute Gasteiger partial charge is 0.304 e. The average molecular weight is 356 g/mol. The van der Waals surface area contributed by atoms with Crippen LogP contribution in [0.5, 0.6) is 0 Å². The Hall–Kier alpha value is -0.950. The number of rotatable bonds is 11. The van der Waals surface area contributed by atoms with Crippen molar-refractivity contribution in [2.45, 2.75) is 59.0 Å². The highest BCUT2D eigenvalue weighted by Gasteiger charge is 2.26. The van der Waals surface area contributed by atoms with Crippen LogP contribution in [0.2, 0.25) is 0 Å². The first-order chi connectivity index (χ1) is 11.2. The summed E-state index contributed by atoms with van der Waals surface area (Å²) in [7, 11) is -3.44. The molecule has 0 aliphatic rings. The van der Waals surface area contributed by atoms with Gasteiger partial charge in [0.2, 0.25) is 0 Å². The van der Waals surface area contributed by atoms with Crippen LogP contribution in [0.25, 0.3) is 0 Å². The standard InChI is InChI=1S/C18H33N3O2S/c1-6-13-21(14-7-2)24(22,23)19-15-18(4,5)20-16(3)17-11-9-8-10-12-17/h8-12,16,19-20H,6-7,13-15H2,1-5H3. The Morgan fingerprint density at radius 2 is 1.62 bits per heavy atom. The highest BCUT2D eigenvalue weighted by atomic mass is 32.2. The second-order valence-corrected chi connectivity index (χ2v) is 8.64. The summed E-state index contributed by atoms with van der Waals surface area (Å²) < 4.78 is 29.3. The maximum Gasteiger partial charge on any atom is 0.279 e. The van der Waals surface area contributed by atoms with Crippen LogP contribution in [0.3, 0.4) is 0 Å². The van der Waals surface area contributed by atoms with Crippen molar-refractivity contribution < 1.29 is 8.42 Å². The fraction of sp³-hybridized carbons (Fsp3) is 0.667. The van der Waals surface area contributed by atoms with Crippen LogP contribution in [0.4, 0.5) is 0 Å². The maximum atomic E-state index is 12.5. The summed E-state index contributed by atoms with van der Waals surface area (Å²) in [6, 6.07) is 10.3. The van der Waals surface area contributed by atoms with Gasteiger partial charge < -0.3 is 5.32 Å². The fourth-order valence-corrected chi connectivity index (χ4v) is 4.25. The van der Waals surface area contributed by atoms with Crippen LogP contribution in [0.15, 0.2) is 30.3 Å². The number of hydrogen-bond acceptors (Lipinski definition) is 3. The molecule has 0 amide bonds. The van der Waals surface area contributed by atoms with Gasteiger partial charge in [0.15, 0.2) is 0 Å². The normalized spacial score (nSPS) is 14.1. The van der Waals surface area contributed by atoms with Crippen LogP contribution < -0.4 is 10.0 Å². The molecule has 0 aromatic heterocycles. The molecular formula is C18H33N3O2S. The Morgan fingerprint density at radius 3 is 2.12 bits per heavy atom. The van der Waals surface area contributed by atoms with E-state index in [4.69, 9.17) is 0 Å². The zero-order valence-corrected chi connectivity index (χ0v) is 16.5.